The number of aromatic nitrogens is 1. The number of fused-ring (bicyclic) bond motifs is 1. The van der Waals surface area contributed by atoms with E-state index in [0.717, 1.165) is 18.5 Å². The average molecular weight is 400 g/mol. The Labute approximate surface area is 168 Å². The van der Waals surface area contributed by atoms with Crippen molar-refractivity contribution < 1.29 is 14.3 Å². The molecule has 1 aliphatic carbocycles. The lowest BCUT2D eigenvalue weighted by atomic mass is 10.1. The molecule has 28 heavy (non-hydrogen) atoms. The number of anilines is 1. The van der Waals surface area contributed by atoms with Gasteiger partial charge in [0.15, 0.2) is 5.13 Å². The summed E-state index contributed by atoms with van der Waals surface area (Å²) in [5, 5.41) is 3.69. The molecule has 0 spiro atoms. The van der Waals surface area contributed by atoms with E-state index in [-0.39, 0.29) is 17.7 Å². The summed E-state index contributed by atoms with van der Waals surface area (Å²) in [6.07, 6.45) is 6.38. The fraction of sp³-hybridized carbons (Fsp3) is 0.476. The Morgan fingerprint density at radius 1 is 1.25 bits per heavy atom. The first-order valence-electron chi connectivity index (χ1n) is 9.87. The number of methoxy groups -OCH3 is 1. The zero-order valence-corrected chi connectivity index (χ0v) is 16.9. The second-order valence-corrected chi connectivity index (χ2v) is 8.49. The van der Waals surface area contributed by atoms with Crippen molar-refractivity contribution in [2.75, 3.05) is 25.5 Å². The first-order chi connectivity index (χ1) is 13.6. The zero-order chi connectivity index (χ0) is 19.5. The first kappa shape index (κ1) is 18.9. The largest absolute Gasteiger partial charge is 0.497 e. The van der Waals surface area contributed by atoms with Crippen molar-refractivity contribution in [3.8, 4) is 5.75 Å². The summed E-state index contributed by atoms with van der Waals surface area (Å²) in [6.45, 7) is 1.02. The van der Waals surface area contributed by atoms with Gasteiger partial charge < -0.3 is 15.0 Å². The van der Waals surface area contributed by atoms with Crippen LogP contribution in [0.25, 0.3) is 0 Å². The van der Waals surface area contributed by atoms with E-state index in [1.165, 1.54) is 24.1 Å². The number of hydrogen-bond donors (Lipinski definition) is 1. The second-order valence-electron chi connectivity index (χ2n) is 7.41. The molecule has 0 radical (unpaired) electrons. The topological polar surface area (TPSA) is 71.5 Å². The van der Waals surface area contributed by atoms with Crippen LogP contribution in [-0.2, 0) is 17.6 Å². The molecule has 2 aromatic rings. The van der Waals surface area contributed by atoms with Crippen LogP contribution in [0, 0.1) is 5.92 Å². The fourth-order valence-electron chi connectivity index (χ4n) is 3.89. The second kappa shape index (κ2) is 8.31. The molecule has 1 aromatic heterocycles. The highest BCUT2D eigenvalue weighted by Gasteiger charge is 2.32. The quantitative estimate of drug-likeness (QED) is 0.799. The molecular formula is C21H25N3O3S. The summed E-state index contributed by atoms with van der Waals surface area (Å²) in [5.74, 6) is 0.362. The Morgan fingerprint density at radius 2 is 2.11 bits per heavy atom. The van der Waals surface area contributed by atoms with Gasteiger partial charge in [-0.05, 0) is 50.3 Å². The van der Waals surface area contributed by atoms with E-state index in [1.54, 1.807) is 41.5 Å². The highest BCUT2D eigenvalue weighted by molar-refractivity contribution is 7.15. The van der Waals surface area contributed by atoms with Crippen LogP contribution in [-0.4, -0.2) is 41.9 Å². The van der Waals surface area contributed by atoms with Gasteiger partial charge in [-0.3, -0.25) is 9.59 Å². The third kappa shape index (κ3) is 4.04. The zero-order valence-electron chi connectivity index (χ0n) is 16.1. The molecule has 2 aliphatic rings. The Balaban J connectivity index is 1.37. The van der Waals surface area contributed by atoms with Crippen LogP contribution in [0.4, 0.5) is 5.13 Å². The number of ether oxygens (including phenoxy) is 1. The van der Waals surface area contributed by atoms with Crippen molar-refractivity contribution in [3.63, 3.8) is 0 Å². The Bertz CT molecular complexity index is 856. The molecule has 0 bridgehead atoms. The lowest BCUT2D eigenvalue weighted by Crippen LogP contribution is -2.31. The third-order valence-corrected chi connectivity index (χ3v) is 6.56. The van der Waals surface area contributed by atoms with Crippen molar-refractivity contribution in [3.05, 3.63) is 40.4 Å². The van der Waals surface area contributed by atoms with Crippen molar-refractivity contribution in [2.24, 2.45) is 5.92 Å². The fourth-order valence-corrected chi connectivity index (χ4v) is 4.94. The molecule has 4 rings (SSSR count). The highest BCUT2D eigenvalue weighted by Crippen LogP contribution is 2.30. The van der Waals surface area contributed by atoms with Gasteiger partial charge in [0, 0.05) is 23.5 Å². The molecule has 7 heteroatoms. The van der Waals surface area contributed by atoms with Crippen LogP contribution in [0.5, 0.6) is 5.75 Å². The van der Waals surface area contributed by atoms with Gasteiger partial charge in [-0.25, -0.2) is 4.98 Å². The van der Waals surface area contributed by atoms with Gasteiger partial charge in [0.1, 0.15) is 5.75 Å². The third-order valence-electron chi connectivity index (χ3n) is 5.49. The predicted octanol–water partition coefficient (Wildman–Crippen LogP) is 3.52. The Morgan fingerprint density at radius 3 is 2.96 bits per heavy atom. The molecule has 0 unspecified atom stereocenters. The number of thiazole rings is 1. The summed E-state index contributed by atoms with van der Waals surface area (Å²) >= 11 is 1.61. The minimum atomic E-state index is -0.196. The summed E-state index contributed by atoms with van der Waals surface area (Å²) in [6, 6.07) is 7.13. The summed E-state index contributed by atoms with van der Waals surface area (Å²) in [4.78, 5) is 33.1. The van der Waals surface area contributed by atoms with Gasteiger partial charge in [-0.2, -0.15) is 0 Å². The number of nitrogens with one attached hydrogen (secondary N) is 1. The van der Waals surface area contributed by atoms with Crippen LogP contribution < -0.4 is 10.1 Å². The molecule has 2 heterocycles. The van der Waals surface area contributed by atoms with Gasteiger partial charge in [0.25, 0.3) is 5.91 Å². The summed E-state index contributed by atoms with van der Waals surface area (Å²) < 4.78 is 5.20. The molecule has 1 aliphatic heterocycles. The van der Waals surface area contributed by atoms with Crippen LogP contribution >= 0.6 is 11.3 Å². The number of nitrogens with zero attached hydrogens (tertiary/aromatic N) is 2. The standard InChI is InChI=1S/C21H25N3O3S/c1-27-16-7-5-6-14(12-16)20(26)24-11-10-15(13-24)19(25)23-21-22-17-8-3-2-4-9-18(17)28-21/h5-7,12,15H,2-4,8-11,13H2,1H3,(H,22,23,25)/t15-/m0/s1. The van der Waals surface area contributed by atoms with Gasteiger partial charge in [-0.1, -0.05) is 12.5 Å². The highest BCUT2D eigenvalue weighted by atomic mass is 32.1. The van der Waals surface area contributed by atoms with Crippen molar-refractivity contribution in [1.29, 1.82) is 0 Å². The molecule has 1 fully saturated rings. The predicted molar refractivity (Wildman–Crippen MR) is 109 cm³/mol. The number of rotatable bonds is 4. The molecule has 1 saturated heterocycles. The van der Waals surface area contributed by atoms with E-state index in [2.05, 4.69) is 10.3 Å². The monoisotopic (exact) mass is 399 g/mol. The number of aryl methyl sites for hydroxylation is 2. The molecule has 1 atom stereocenters. The summed E-state index contributed by atoms with van der Waals surface area (Å²) in [5.41, 5.74) is 1.74. The average Bonchev–Trinajstić information content (AvgIpc) is 3.30. The van der Waals surface area contributed by atoms with Gasteiger partial charge in [-0.15, -0.1) is 11.3 Å². The Hall–Kier alpha value is -2.41. The van der Waals surface area contributed by atoms with E-state index in [1.807, 2.05) is 6.07 Å². The number of likely N-dealkylation sites (tertiary alicyclic amines) is 1. The number of hydrogen-bond acceptors (Lipinski definition) is 5. The van der Waals surface area contributed by atoms with E-state index >= 15 is 0 Å². The first-order valence-corrected chi connectivity index (χ1v) is 10.7. The molecule has 1 aromatic carbocycles. The molecule has 1 N–H and O–H groups in total. The number of carbonyl (C=O) groups is 2. The summed E-state index contributed by atoms with van der Waals surface area (Å²) in [7, 11) is 1.58. The van der Waals surface area contributed by atoms with Crippen molar-refractivity contribution in [1.82, 2.24) is 9.88 Å². The molecule has 2 amide bonds. The molecule has 0 saturated carbocycles. The number of carbonyl (C=O) groups excluding carboxylic acids is 2. The maximum atomic E-state index is 12.7. The van der Waals surface area contributed by atoms with Crippen LogP contribution in [0.15, 0.2) is 24.3 Å². The minimum absolute atomic E-state index is 0.0372. The molecular weight excluding hydrogens is 374 g/mol. The smallest absolute Gasteiger partial charge is 0.254 e. The van der Waals surface area contributed by atoms with Crippen LogP contribution in [0.2, 0.25) is 0 Å². The minimum Gasteiger partial charge on any atom is -0.497 e. The maximum Gasteiger partial charge on any atom is 0.254 e. The molecule has 6 nitrogen and oxygen atoms in total. The number of amides is 2. The maximum absolute atomic E-state index is 12.7. The van der Waals surface area contributed by atoms with Crippen molar-refractivity contribution in [2.45, 2.75) is 38.5 Å². The van der Waals surface area contributed by atoms with Crippen molar-refractivity contribution >= 4 is 28.3 Å². The lowest BCUT2D eigenvalue weighted by molar-refractivity contribution is -0.119. The van der Waals surface area contributed by atoms with Crippen LogP contribution in [0.1, 0.15) is 46.6 Å². The normalized spacial score (nSPS) is 19.0. The van der Waals surface area contributed by atoms with Gasteiger partial charge >= 0.3 is 0 Å². The Kier molecular flexibility index (Phi) is 5.62. The number of benzene rings is 1. The molecule has 148 valence electrons. The van der Waals surface area contributed by atoms with E-state index in [4.69, 9.17) is 4.74 Å². The van der Waals surface area contributed by atoms with E-state index < -0.39 is 0 Å². The van der Waals surface area contributed by atoms with Gasteiger partial charge in [0.2, 0.25) is 5.91 Å². The van der Waals surface area contributed by atoms with E-state index in [0.29, 0.717) is 36.0 Å². The van der Waals surface area contributed by atoms with Crippen LogP contribution in [0.3, 0.4) is 0 Å². The SMILES string of the molecule is COc1cccc(C(=O)N2CC[C@H](C(=O)Nc3nc4c(s3)CCCCC4)C2)c1. The lowest BCUT2D eigenvalue weighted by Gasteiger charge is -2.16. The van der Waals surface area contributed by atoms with E-state index in [9.17, 15) is 9.59 Å². The van der Waals surface area contributed by atoms with Gasteiger partial charge in [0.05, 0.1) is 18.7 Å².